The van der Waals surface area contributed by atoms with Gasteiger partial charge >= 0.3 is 0 Å². The highest BCUT2D eigenvalue weighted by Gasteiger charge is 2.26. The maximum Gasteiger partial charge on any atom is 0.246 e. The van der Waals surface area contributed by atoms with Crippen molar-refractivity contribution < 1.29 is 9.18 Å². The summed E-state index contributed by atoms with van der Waals surface area (Å²) in [6.07, 6.45) is 1.18. The first-order valence-corrected chi connectivity index (χ1v) is 7.28. The van der Waals surface area contributed by atoms with Crippen molar-refractivity contribution in [2.75, 3.05) is 29.4 Å². The topological polar surface area (TPSA) is 36.4 Å². The number of carbonyl (C=O) groups excluding carboxylic acids is 1. The van der Waals surface area contributed by atoms with Gasteiger partial charge in [-0.15, -0.1) is 0 Å². The van der Waals surface area contributed by atoms with Gasteiger partial charge in [0.25, 0.3) is 0 Å². The van der Waals surface area contributed by atoms with Crippen LogP contribution in [0.2, 0.25) is 0 Å². The number of aryl methyl sites for hydroxylation is 2. The molecular weight excluding hydrogens is 281 g/mol. The van der Waals surface area contributed by atoms with Crippen LogP contribution in [-0.2, 0) is 4.79 Å². The first-order chi connectivity index (χ1) is 10.5. The summed E-state index contributed by atoms with van der Waals surface area (Å²) in [4.78, 5) is 20.2. The molecule has 1 aliphatic heterocycles. The van der Waals surface area contributed by atoms with Crippen molar-refractivity contribution in [2.24, 2.45) is 0 Å². The lowest BCUT2D eigenvalue weighted by molar-refractivity contribution is -0.117. The molecule has 0 spiro atoms. The van der Waals surface area contributed by atoms with Gasteiger partial charge in [-0.25, -0.2) is 9.37 Å². The number of nitrogens with zero attached hydrogens (tertiary/aromatic N) is 3. The highest BCUT2D eigenvalue weighted by atomic mass is 19.1. The first-order valence-electron chi connectivity index (χ1n) is 7.28. The smallest absolute Gasteiger partial charge is 0.246 e. The average molecular weight is 299 g/mol. The van der Waals surface area contributed by atoms with Crippen molar-refractivity contribution in [3.8, 4) is 0 Å². The van der Waals surface area contributed by atoms with Crippen LogP contribution in [0, 0.1) is 19.7 Å². The maximum absolute atomic E-state index is 12.9. The summed E-state index contributed by atoms with van der Waals surface area (Å²) in [5.41, 5.74) is 3.23. The number of amides is 1. The van der Waals surface area contributed by atoms with Crippen LogP contribution in [-0.4, -0.2) is 30.5 Å². The minimum Gasteiger partial charge on any atom is -0.345 e. The van der Waals surface area contributed by atoms with Crippen molar-refractivity contribution in [3.05, 3.63) is 53.5 Å². The lowest BCUT2D eigenvalue weighted by Crippen LogP contribution is -2.51. The highest BCUT2D eigenvalue weighted by Crippen LogP contribution is 2.22. The van der Waals surface area contributed by atoms with E-state index in [1.54, 1.807) is 11.0 Å². The Hall–Kier alpha value is -2.43. The van der Waals surface area contributed by atoms with Gasteiger partial charge < -0.3 is 9.80 Å². The van der Waals surface area contributed by atoms with E-state index in [1.165, 1.54) is 12.3 Å². The summed E-state index contributed by atoms with van der Waals surface area (Å²) in [7, 11) is 0. The van der Waals surface area contributed by atoms with E-state index < -0.39 is 0 Å². The van der Waals surface area contributed by atoms with E-state index in [2.05, 4.69) is 11.1 Å². The Morgan fingerprint density at radius 2 is 1.82 bits per heavy atom. The van der Waals surface area contributed by atoms with Crippen LogP contribution in [0.25, 0.3) is 0 Å². The van der Waals surface area contributed by atoms with E-state index in [0.29, 0.717) is 18.9 Å². The second kappa shape index (κ2) is 5.75. The Kier molecular flexibility index (Phi) is 3.79. The Morgan fingerprint density at radius 3 is 2.41 bits per heavy atom. The van der Waals surface area contributed by atoms with E-state index in [1.807, 2.05) is 30.9 Å². The molecule has 1 aromatic heterocycles. The monoisotopic (exact) mass is 299 g/mol. The number of aromatic nitrogens is 1. The molecule has 1 aliphatic rings. The number of pyridine rings is 1. The molecule has 0 atom stereocenters. The van der Waals surface area contributed by atoms with Gasteiger partial charge in [0.1, 0.15) is 11.6 Å². The predicted octanol–water partition coefficient (Wildman–Crippen LogP) is 2.69. The Bertz CT molecular complexity index is 679. The molecule has 0 bridgehead atoms. The molecule has 0 N–H and O–H groups in total. The van der Waals surface area contributed by atoms with E-state index in [-0.39, 0.29) is 18.3 Å². The second-order valence-electron chi connectivity index (χ2n) is 5.65. The number of carbonyl (C=O) groups is 1. The number of hydrogen-bond acceptors (Lipinski definition) is 3. The largest absolute Gasteiger partial charge is 0.345 e. The van der Waals surface area contributed by atoms with Crippen LogP contribution in [0.4, 0.5) is 15.9 Å². The molecule has 1 fully saturated rings. The molecule has 5 heteroatoms. The van der Waals surface area contributed by atoms with Crippen LogP contribution < -0.4 is 9.80 Å². The van der Waals surface area contributed by atoms with Gasteiger partial charge in [0, 0.05) is 18.8 Å². The zero-order valence-corrected chi connectivity index (χ0v) is 12.7. The first kappa shape index (κ1) is 14.5. The normalized spacial score (nSPS) is 15.3. The molecule has 1 saturated heterocycles. The van der Waals surface area contributed by atoms with E-state index in [4.69, 9.17) is 0 Å². The minimum atomic E-state index is -0.371. The summed E-state index contributed by atoms with van der Waals surface area (Å²) >= 11 is 0. The summed E-state index contributed by atoms with van der Waals surface area (Å²) in [6.45, 7) is 5.59. The molecule has 1 amide bonds. The highest BCUT2D eigenvalue weighted by molar-refractivity contribution is 5.97. The fourth-order valence-corrected chi connectivity index (χ4v) is 2.80. The second-order valence-corrected chi connectivity index (χ2v) is 5.65. The third kappa shape index (κ3) is 2.93. The van der Waals surface area contributed by atoms with Crippen LogP contribution in [0.15, 0.2) is 36.5 Å². The van der Waals surface area contributed by atoms with E-state index >= 15 is 0 Å². The summed E-state index contributed by atoms with van der Waals surface area (Å²) in [5.74, 6) is 0.293. The number of rotatable bonds is 2. The zero-order valence-electron chi connectivity index (χ0n) is 12.7. The van der Waals surface area contributed by atoms with Crippen molar-refractivity contribution in [1.29, 1.82) is 0 Å². The lowest BCUT2D eigenvalue weighted by Gasteiger charge is -2.35. The van der Waals surface area contributed by atoms with Crippen molar-refractivity contribution in [2.45, 2.75) is 13.8 Å². The van der Waals surface area contributed by atoms with Crippen LogP contribution in [0.1, 0.15) is 11.1 Å². The standard InChI is InChI=1S/C17H18FN3O/c1-12-7-13(2)9-15(8-12)21-6-5-20(11-17(21)22)16-4-3-14(18)10-19-16/h3-4,7-10H,5-6,11H2,1-2H3. The Balaban J connectivity index is 1.77. The number of halogens is 1. The minimum absolute atomic E-state index is 0.0300. The molecule has 0 saturated carbocycles. The molecule has 0 unspecified atom stereocenters. The number of hydrogen-bond donors (Lipinski definition) is 0. The number of anilines is 2. The molecule has 3 rings (SSSR count). The lowest BCUT2D eigenvalue weighted by atomic mass is 10.1. The van der Waals surface area contributed by atoms with Crippen molar-refractivity contribution >= 4 is 17.4 Å². The molecule has 0 aliphatic carbocycles. The molecule has 114 valence electrons. The molecule has 4 nitrogen and oxygen atoms in total. The SMILES string of the molecule is Cc1cc(C)cc(N2CCN(c3ccc(F)cn3)CC2=O)c1. The van der Waals surface area contributed by atoms with Gasteiger partial charge in [0.2, 0.25) is 5.91 Å². The molecule has 2 heterocycles. The summed E-state index contributed by atoms with van der Waals surface area (Å²) in [5, 5.41) is 0. The van der Waals surface area contributed by atoms with Gasteiger partial charge in [-0.05, 0) is 49.2 Å². The van der Waals surface area contributed by atoms with Gasteiger partial charge in [-0.3, -0.25) is 4.79 Å². The molecular formula is C17H18FN3O. The third-order valence-corrected chi connectivity index (χ3v) is 3.77. The summed E-state index contributed by atoms with van der Waals surface area (Å²) < 4.78 is 12.9. The molecule has 0 radical (unpaired) electrons. The predicted molar refractivity (Wildman–Crippen MR) is 84.7 cm³/mol. The van der Waals surface area contributed by atoms with Crippen LogP contribution in [0.3, 0.4) is 0 Å². The number of piperazine rings is 1. The third-order valence-electron chi connectivity index (χ3n) is 3.77. The van der Waals surface area contributed by atoms with Crippen LogP contribution in [0.5, 0.6) is 0 Å². The van der Waals surface area contributed by atoms with Gasteiger partial charge in [-0.1, -0.05) is 6.07 Å². The van der Waals surface area contributed by atoms with E-state index in [0.717, 1.165) is 16.8 Å². The zero-order chi connectivity index (χ0) is 15.7. The van der Waals surface area contributed by atoms with Crippen LogP contribution >= 0.6 is 0 Å². The van der Waals surface area contributed by atoms with Crippen molar-refractivity contribution in [1.82, 2.24) is 4.98 Å². The quantitative estimate of drug-likeness (QED) is 0.855. The number of benzene rings is 1. The average Bonchev–Trinajstić information content (AvgIpc) is 2.46. The maximum atomic E-state index is 12.9. The van der Waals surface area contributed by atoms with Gasteiger partial charge in [-0.2, -0.15) is 0 Å². The fourth-order valence-electron chi connectivity index (χ4n) is 2.80. The van der Waals surface area contributed by atoms with Gasteiger partial charge in [0.05, 0.1) is 12.7 Å². The van der Waals surface area contributed by atoms with E-state index in [9.17, 15) is 9.18 Å². The van der Waals surface area contributed by atoms with Gasteiger partial charge in [0.15, 0.2) is 0 Å². The summed E-state index contributed by atoms with van der Waals surface area (Å²) in [6, 6.07) is 9.11. The Labute approximate surface area is 129 Å². The fraction of sp³-hybridized carbons (Fsp3) is 0.294. The Morgan fingerprint density at radius 1 is 1.09 bits per heavy atom. The van der Waals surface area contributed by atoms with Crippen molar-refractivity contribution in [3.63, 3.8) is 0 Å². The molecule has 2 aromatic rings. The molecule has 22 heavy (non-hydrogen) atoms. The molecule has 1 aromatic carbocycles.